The van der Waals surface area contributed by atoms with E-state index in [1.165, 1.54) is 7.11 Å². The summed E-state index contributed by atoms with van der Waals surface area (Å²) in [7, 11) is 1.39. The van der Waals surface area contributed by atoms with Crippen molar-refractivity contribution < 1.29 is 14.6 Å². The zero-order chi connectivity index (χ0) is 22.8. The number of benzene rings is 1. The molecule has 1 aliphatic heterocycles. The Morgan fingerprint density at radius 3 is 2.66 bits per heavy atom. The SMILES string of the molecule is COC(=O)CCN1C(=S)NC(c2ccccn2)C1c1cc(C)n(-c2ccccc2O)c1C. The van der Waals surface area contributed by atoms with Crippen LogP contribution in [0, 0.1) is 13.8 Å². The van der Waals surface area contributed by atoms with Crippen molar-refractivity contribution in [3.05, 3.63) is 77.4 Å². The smallest absolute Gasteiger partial charge is 0.307 e. The van der Waals surface area contributed by atoms with Crippen molar-refractivity contribution in [2.75, 3.05) is 13.7 Å². The van der Waals surface area contributed by atoms with E-state index in [0.29, 0.717) is 11.7 Å². The summed E-state index contributed by atoms with van der Waals surface area (Å²) in [5.41, 5.74) is 4.62. The Kier molecular flexibility index (Phi) is 6.14. The number of nitrogens with zero attached hydrogens (tertiary/aromatic N) is 3. The first kappa shape index (κ1) is 21.8. The van der Waals surface area contributed by atoms with Crippen molar-refractivity contribution in [3.63, 3.8) is 0 Å². The van der Waals surface area contributed by atoms with Gasteiger partial charge in [-0.05, 0) is 62.0 Å². The summed E-state index contributed by atoms with van der Waals surface area (Å²) in [6.45, 7) is 4.47. The van der Waals surface area contributed by atoms with E-state index in [1.807, 2.05) is 53.6 Å². The third-order valence-corrected chi connectivity index (χ3v) is 6.25. The lowest BCUT2D eigenvalue weighted by Crippen LogP contribution is -2.32. The number of aryl methyl sites for hydroxylation is 1. The summed E-state index contributed by atoms with van der Waals surface area (Å²) in [6.07, 6.45) is 1.99. The maximum absolute atomic E-state index is 11.9. The zero-order valence-electron chi connectivity index (χ0n) is 18.3. The minimum absolute atomic E-state index is 0.173. The number of carbonyl (C=O) groups is 1. The number of esters is 1. The summed E-state index contributed by atoms with van der Waals surface area (Å²) in [5, 5.41) is 14.4. The summed E-state index contributed by atoms with van der Waals surface area (Å²) < 4.78 is 6.88. The Morgan fingerprint density at radius 1 is 1.22 bits per heavy atom. The van der Waals surface area contributed by atoms with E-state index in [9.17, 15) is 9.90 Å². The number of carbonyl (C=O) groups excluding carboxylic acids is 1. The van der Waals surface area contributed by atoms with Gasteiger partial charge in [0.2, 0.25) is 0 Å². The van der Waals surface area contributed by atoms with Crippen LogP contribution in [-0.4, -0.2) is 44.3 Å². The molecule has 2 atom stereocenters. The molecule has 4 rings (SSSR count). The van der Waals surface area contributed by atoms with Gasteiger partial charge >= 0.3 is 5.97 Å². The fourth-order valence-electron chi connectivity index (χ4n) is 4.41. The van der Waals surface area contributed by atoms with Crippen LogP contribution in [0.15, 0.2) is 54.7 Å². The molecule has 0 aliphatic carbocycles. The predicted molar refractivity (Wildman–Crippen MR) is 126 cm³/mol. The molecule has 1 aliphatic rings. The molecule has 2 unspecified atom stereocenters. The lowest BCUT2D eigenvalue weighted by atomic mass is 9.96. The molecule has 0 radical (unpaired) electrons. The van der Waals surface area contributed by atoms with Crippen LogP contribution in [0.5, 0.6) is 5.75 Å². The summed E-state index contributed by atoms with van der Waals surface area (Å²) in [5.74, 6) is -0.0720. The highest BCUT2D eigenvalue weighted by Crippen LogP contribution is 2.42. The van der Waals surface area contributed by atoms with Crippen LogP contribution in [0.1, 0.15) is 41.1 Å². The van der Waals surface area contributed by atoms with Crippen LogP contribution >= 0.6 is 12.2 Å². The van der Waals surface area contributed by atoms with E-state index >= 15 is 0 Å². The van der Waals surface area contributed by atoms with Gasteiger partial charge in [-0.2, -0.15) is 0 Å². The number of phenolic OH excluding ortho intramolecular Hbond substituents is 1. The number of aromatic nitrogens is 2. The lowest BCUT2D eigenvalue weighted by molar-refractivity contribution is -0.140. The van der Waals surface area contributed by atoms with Gasteiger partial charge in [-0.1, -0.05) is 18.2 Å². The van der Waals surface area contributed by atoms with Crippen LogP contribution in [0.4, 0.5) is 0 Å². The molecule has 7 nitrogen and oxygen atoms in total. The zero-order valence-corrected chi connectivity index (χ0v) is 19.1. The number of pyridine rings is 1. The summed E-state index contributed by atoms with van der Waals surface area (Å²) in [6, 6.07) is 14.8. The molecular weight excluding hydrogens is 424 g/mol. The number of ether oxygens (including phenoxy) is 1. The number of methoxy groups -OCH3 is 1. The average molecular weight is 451 g/mol. The lowest BCUT2D eigenvalue weighted by Gasteiger charge is -2.28. The molecule has 3 aromatic rings. The monoisotopic (exact) mass is 450 g/mol. The molecule has 0 bridgehead atoms. The minimum Gasteiger partial charge on any atom is -0.506 e. The third-order valence-electron chi connectivity index (χ3n) is 5.89. The fourth-order valence-corrected chi connectivity index (χ4v) is 4.74. The number of thiocarbonyl (C=S) groups is 1. The maximum atomic E-state index is 11.9. The average Bonchev–Trinajstić information content (AvgIpc) is 3.28. The number of hydrogen-bond acceptors (Lipinski definition) is 5. The molecule has 1 saturated heterocycles. The number of nitrogens with one attached hydrogen (secondary N) is 1. The van der Waals surface area contributed by atoms with Crippen molar-refractivity contribution in [1.82, 2.24) is 19.8 Å². The second kappa shape index (κ2) is 9.00. The summed E-state index contributed by atoms with van der Waals surface area (Å²) in [4.78, 5) is 18.5. The van der Waals surface area contributed by atoms with E-state index in [2.05, 4.69) is 16.4 Å². The molecule has 2 aromatic heterocycles. The van der Waals surface area contributed by atoms with Gasteiger partial charge in [-0.3, -0.25) is 9.78 Å². The van der Waals surface area contributed by atoms with Gasteiger partial charge in [0.05, 0.1) is 37.0 Å². The Bertz CT molecular complexity index is 1150. The van der Waals surface area contributed by atoms with Gasteiger partial charge < -0.3 is 24.6 Å². The molecule has 32 heavy (non-hydrogen) atoms. The Balaban J connectivity index is 1.81. The van der Waals surface area contributed by atoms with Crippen molar-refractivity contribution >= 4 is 23.3 Å². The molecular formula is C24H26N4O3S. The summed E-state index contributed by atoms with van der Waals surface area (Å²) >= 11 is 5.67. The Morgan fingerprint density at radius 2 is 1.97 bits per heavy atom. The number of phenols is 1. The number of para-hydroxylation sites is 2. The predicted octanol–water partition coefficient (Wildman–Crippen LogP) is 3.73. The van der Waals surface area contributed by atoms with Crippen LogP contribution < -0.4 is 5.32 Å². The van der Waals surface area contributed by atoms with E-state index in [-0.39, 0.29) is 30.2 Å². The number of rotatable bonds is 6. The first-order valence-electron chi connectivity index (χ1n) is 10.4. The number of hydrogen-bond donors (Lipinski definition) is 2. The van der Waals surface area contributed by atoms with Crippen LogP contribution in [0.3, 0.4) is 0 Å². The molecule has 8 heteroatoms. The highest BCUT2D eigenvalue weighted by Gasteiger charge is 2.41. The third kappa shape index (κ3) is 3.93. The van der Waals surface area contributed by atoms with Gasteiger partial charge in [-0.15, -0.1) is 0 Å². The van der Waals surface area contributed by atoms with E-state index in [1.54, 1.807) is 18.3 Å². The van der Waals surface area contributed by atoms with Crippen LogP contribution in [0.25, 0.3) is 5.69 Å². The molecule has 0 spiro atoms. The van der Waals surface area contributed by atoms with Gasteiger partial charge in [0.1, 0.15) is 5.75 Å². The van der Waals surface area contributed by atoms with E-state index < -0.39 is 0 Å². The molecule has 3 heterocycles. The number of aromatic hydroxyl groups is 1. The standard InChI is InChI=1S/C24H26N4O3S/c1-15-14-17(16(2)28(15)19-9-4-5-10-20(19)29)23-22(18-8-6-7-12-25-18)26-24(32)27(23)13-11-21(30)31-3/h4-10,12,14,22-23,29H,11,13H2,1-3H3,(H,26,32). The van der Waals surface area contributed by atoms with Gasteiger partial charge in [0, 0.05) is 24.1 Å². The fraction of sp³-hybridized carbons (Fsp3) is 0.292. The van der Waals surface area contributed by atoms with Crippen LogP contribution in [0.2, 0.25) is 0 Å². The second-order valence-electron chi connectivity index (χ2n) is 7.80. The topological polar surface area (TPSA) is 79.6 Å². The van der Waals surface area contributed by atoms with E-state index in [0.717, 1.165) is 28.3 Å². The largest absolute Gasteiger partial charge is 0.506 e. The Hall–Kier alpha value is -3.39. The Labute approximate surface area is 192 Å². The first-order chi connectivity index (χ1) is 15.4. The van der Waals surface area contributed by atoms with Crippen molar-refractivity contribution in [3.8, 4) is 11.4 Å². The normalized spacial score (nSPS) is 18.0. The van der Waals surface area contributed by atoms with Gasteiger partial charge in [-0.25, -0.2) is 0 Å². The highest BCUT2D eigenvalue weighted by molar-refractivity contribution is 7.80. The molecule has 1 aromatic carbocycles. The maximum Gasteiger partial charge on any atom is 0.307 e. The van der Waals surface area contributed by atoms with Crippen molar-refractivity contribution in [1.29, 1.82) is 0 Å². The molecule has 0 amide bonds. The van der Waals surface area contributed by atoms with Gasteiger partial charge in [0.25, 0.3) is 0 Å². The van der Waals surface area contributed by atoms with E-state index in [4.69, 9.17) is 17.0 Å². The molecule has 2 N–H and O–H groups in total. The minimum atomic E-state index is -0.285. The quantitative estimate of drug-likeness (QED) is 0.438. The molecule has 1 fully saturated rings. The van der Waals surface area contributed by atoms with Crippen molar-refractivity contribution in [2.45, 2.75) is 32.4 Å². The van der Waals surface area contributed by atoms with Gasteiger partial charge in [0.15, 0.2) is 5.11 Å². The van der Waals surface area contributed by atoms with Crippen LogP contribution in [-0.2, 0) is 9.53 Å². The second-order valence-corrected chi connectivity index (χ2v) is 8.18. The highest BCUT2D eigenvalue weighted by atomic mass is 32.1. The first-order valence-corrected chi connectivity index (χ1v) is 10.8. The molecule has 0 saturated carbocycles. The molecule has 166 valence electrons. The van der Waals surface area contributed by atoms with Crippen molar-refractivity contribution in [2.24, 2.45) is 0 Å².